The van der Waals surface area contributed by atoms with Gasteiger partial charge in [0.2, 0.25) is 16.9 Å². The van der Waals surface area contributed by atoms with Gasteiger partial charge in [-0.25, -0.2) is 28.6 Å². The summed E-state index contributed by atoms with van der Waals surface area (Å²) in [6, 6.07) is 7.14. The van der Waals surface area contributed by atoms with Gasteiger partial charge in [-0.05, 0) is 18.6 Å². The van der Waals surface area contributed by atoms with Gasteiger partial charge in [-0.15, -0.1) is 0 Å². The van der Waals surface area contributed by atoms with Crippen molar-refractivity contribution in [1.82, 2.24) is 30.2 Å². The maximum absolute atomic E-state index is 12.7. The Kier molecular flexibility index (Phi) is 17.8. The number of aromatic nitrogens is 4. The van der Waals surface area contributed by atoms with Crippen molar-refractivity contribution in [3.05, 3.63) is 53.6 Å². The highest BCUT2D eigenvalue weighted by Crippen LogP contribution is 2.61. The van der Waals surface area contributed by atoms with E-state index in [1.807, 2.05) is 13.0 Å². The Labute approximate surface area is 362 Å². The molecule has 2 aromatic heterocycles. The van der Waals surface area contributed by atoms with E-state index in [0.29, 0.717) is 5.56 Å². The lowest BCUT2D eigenvalue weighted by molar-refractivity contribution is -0.137. The summed E-state index contributed by atoms with van der Waals surface area (Å²) in [4.78, 5) is 100. The highest BCUT2D eigenvalue weighted by Gasteiger charge is 2.50. The second-order valence-corrected chi connectivity index (χ2v) is 19.7. The summed E-state index contributed by atoms with van der Waals surface area (Å²) in [6.07, 6.45) is -6.17. The largest absolute Gasteiger partial charge is 0.481 e. The minimum absolute atomic E-state index is 0.0170. The Balaban J connectivity index is 1.22. The molecule has 1 aromatic carbocycles. The number of aliphatic carboxylic acids is 1. The summed E-state index contributed by atoms with van der Waals surface area (Å²) in [5, 5.41) is 35.1. The molecule has 4 rings (SSSR count). The molecular formula is C33H46N7O19P3S. The number of carbonyl (C=O) groups is 4. The molecule has 63 heavy (non-hydrogen) atoms. The smallest absolute Gasteiger partial charge is 0.481 e. The fraction of sp³-hybridized carbons (Fsp3) is 0.485. The van der Waals surface area contributed by atoms with E-state index >= 15 is 0 Å². The average molecular weight is 970 g/mol. The summed E-state index contributed by atoms with van der Waals surface area (Å²) in [7, 11) is -16.5. The standard InChI is InChI=1S/C33H46N7O19P3S/c1-18-5-4-6-19(11-18)12-20(13-23(42)43)32(47)63-10-9-35-22(41)7-8-36-30(46)27(45)33(2,3)15-56-62(53,54)59-61(51,52)55-14-21-26(58-60(48,49)50)25(44)31(57-21)40-17-39-24-28(34)37-16-38-29(24)40/h4-6,11-12,16-17,21,25-27,31,44-45H,7-10,13-15H2,1-3H3,(H,35,41)(H,36,46)(H,42,43)(H,51,52)(H,53,54)(H2,34,37,38)(H2,48,49,50)/b20-12+. The predicted molar refractivity (Wildman–Crippen MR) is 219 cm³/mol. The van der Waals surface area contributed by atoms with E-state index in [9.17, 15) is 67.8 Å². The van der Waals surface area contributed by atoms with Crippen LogP contribution in [0.4, 0.5) is 5.82 Å². The number of hydrogen-bond donors (Lipinski definition) is 10. The number of nitrogens with one attached hydrogen (secondary N) is 2. The number of nitrogens with zero attached hydrogens (tertiary/aromatic N) is 4. The topological polar surface area (TPSA) is 401 Å². The Morgan fingerprint density at radius 2 is 1.75 bits per heavy atom. The molecule has 0 aliphatic carbocycles. The van der Waals surface area contributed by atoms with Gasteiger partial charge < -0.3 is 56.0 Å². The number of carboxylic acids is 1. The number of thioether (sulfide) groups is 1. The molecule has 1 fully saturated rings. The minimum atomic E-state index is -5.61. The third kappa shape index (κ3) is 15.6. The van der Waals surface area contributed by atoms with Crippen LogP contribution in [0.15, 0.2) is 42.5 Å². The van der Waals surface area contributed by atoms with Crippen molar-refractivity contribution in [2.75, 3.05) is 37.8 Å². The number of fused-ring (bicyclic) bond motifs is 1. The van der Waals surface area contributed by atoms with E-state index in [1.54, 1.807) is 18.2 Å². The van der Waals surface area contributed by atoms with Gasteiger partial charge in [0, 0.05) is 36.3 Å². The third-order valence-corrected chi connectivity index (χ3v) is 12.8. The van der Waals surface area contributed by atoms with Crippen molar-refractivity contribution in [3.63, 3.8) is 0 Å². The Morgan fingerprint density at radius 3 is 2.41 bits per heavy atom. The van der Waals surface area contributed by atoms with Crippen molar-refractivity contribution in [2.24, 2.45) is 5.41 Å². The molecule has 7 atom stereocenters. The predicted octanol–water partition coefficient (Wildman–Crippen LogP) is 0.531. The number of phosphoric ester groups is 3. The van der Waals surface area contributed by atoms with E-state index < -0.39 is 102 Å². The second kappa shape index (κ2) is 21.8. The summed E-state index contributed by atoms with van der Waals surface area (Å²) < 4.78 is 62.2. The molecule has 1 aliphatic rings. The monoisotopic (exact) mass is 969 g/mol. The summed E-state index contributed by atoms with van der Waals surface area (Å²) in [5.41, 5.74) is 5.83. The molecule has 7 unspecified atom stereocenters. The van der Waals surface area contributed by atoms with Crippen molar-refractivity contribution < 1.29 is 90.4 Å². The maximum Gasteiger partial charge on any atom is 0.481 e. The van der Waals surface area contributed by atoms with Crippen LogP contribution >= 0.6 is 35.2 Å². The molecule has 3 heterocycles. The van der Waals surface area contributed by atoms with Gasteiger partial charge >= 0.3 is 29.4 Å². The van der Waals surface area contributed by atoms with Crippen LogP contribution in [0, 0.1) is 12.3 Å². The zero-order valence-corrected chi connectivity index (χ0v) is 37.0. The molecule has 11 N–H and O–H groups in total. The molecule has 0 radical (unpaired) electrons. The van der Waals surface area contributed by atoms with Crippen LogP contribution < -0.4 is 16.4 Å². The number of aliphatic hydroxyl groups excluding tert-OH is 2. The lowest BCUT2D eigenvalue weighted by Gasteiger charge is -2.30. The van der Waals surface area contributed by atoms with Gasteiger partial charge in [0.05, 0.1) is 26.0 Å². The van der Waals surface area contributed by atoms with Crippen LogP contribution in [-0.4, -0.2) is 134 Å². The number of aliphatic hydroxyl groups is 2. The van der Waals surface area contributed by atoms with Gasteiger partial charge in [0.1, 0.15) is 36.3 Å². The lowest BCUT2D eigenvalue weighted by Crippen LogP contribution is -2.46. The highest BCUT2D eigenvalue weighted by atomic mass is 32.2. The molecule has 3 aromatic rings. The average Bonchev–Trinajstić information content (AvgIpc) is 3.74. The number of carboxylic acid groups (broad SMARTS) is 1. The molecule has 1 saturated heterocycles. The van der Waals surface area contributed by atoms with Gasteiger partial charge in [0.15, 0.2) is 17.7 Å². The second-order valence-electron chi connectivity index (χ2n) is 14.4. The zero-order chi connectivity index (χ0) is 46.9. The Morgan fingerprint density at radius 1 is 1.05 bits per heavy atom. The van der Waals surface area contributed by atoms with Crippen LogP contribution in [0.5, 0.6) is 0 Å². The van der Waals surface area contributed by atoms with E-state index in [4.69, 9.17) is 19.5 Å². The molecule has 0 bridgehead atoms. The molecular weight excluding hydrogens is 923 g/mol. The summed E-state index contributed by atoms with van der Waals surface area (Å²) in [6.45, 7) is 1.96. The van der Waals surface area contributed by atoms with Gasteiger partial charge in [-0.1, -0.05) is 55.4 Å². The molecule has 26 nitrogen and oxygen atoms in total. The molecule has 0 saturated carbocycles. The van der Waals surface area contributed by atoms with E-state index in [1.165, 1.54) is 19.9 Å². The van der Waals surface area contributed by atoms with E-state index in [0.717, 1.165) is 34.5 Å². The highest BCUT2D eigenvalue weighted by molar-refractivity contribution is 8.14. The summed E-state index contributed by atoms with van der Waals surface area (Å²) in [5.74, 6) is -2.70. The van der Waals surface area contributed by atoms with E-state index in [2.05, 4.69) is 34.4 Å². The van der Waals surface area contributed by atoms with E-state index in [-0.39, 0.29) is 47.8 Å². The van der Waals surface area contributed by atoms with Gasteiger partial charge in [-0.3, -0.25) is 37.3 Å². The number of rotatable bonds is 23. The number of amides is 2. The number of anilines is 1. The minimum Gasteiger partial charge on any atom is -0.481 e. The van der Waals surface area contributed by atoms with Crippen LogP contribution in [0.1, 0.15) is 44.0 Å². The third-order valence-electron chi connectivity index (χ3n) is 8.72. The van der Waals surface area contributed by atoms with Crippen LogP contribution in [0.25, 0.3) is 17.2 Å². The number of aryl methyl sites for hydroxylation is 1. The zero-order valence-electron chi connectivity index (χ0n) is 33.5. The van der Waals surface area contributed by atoms with Crippen LogP contribution in [0.3, 0.4) is 0 Å². The first kappa shape index (κ1) is 51.6. The van der Waals surface area contributed by atoms with Crippen LogP contribution in [-0.2, 0) is 55.5 Å². The summed E-state index contributed by atoms with van der Waals surface area (Å²) >= 11 is 0.812. The lowest BCUT2D eigenvalue weighted by atomic mass is 9.87. The Hall–Kier alpha value is -4.01. The fourth-order valence-corrected chi connectivity index (χ4v) is 9.21. The quantitative estimate of drug-likeness (QED) is 0.0352. The van der Waals surface area contributed by atoms with Crippen molar-refractivity contribution in [3.8, 4) is 0 Å². The SMILES string of the molecule is Cc1cccc(/C=C(\CC(=O)O)C(=O)SCCNC(=O)CCNC(=O)C(O)C(C)(C)COP(=O)(O)OP(=O)(O)OCC2OC(n3cnc4c(N)ncnc43)C(O)C2OP(=O)(O)O)c1. The van der Waals surface area contributed by atoms with Crippen molar-refractivity contribution in [1.29, 1.82) is 0 Å². The van der Waals surface area contributed by atoms with Crippen molar-refractivity contribution >= 4 is 81.2 Å². The number of nitrogens with two attached hydrogens (primary N) is 1. The first-order valence-electron chi connectivity index (χ1n) is 18.3. The first-order valence-corrected chi connectivity index (χ1v) is 23.8. The number of imidazole rings is 1. The first-order chi connectivity index (χ1) is 29.3. The number of carbonyl (C=O) groups excluding carboxylic acids is 3. The van der Waals surface area contributed by atoms with Crippen molar-refractivity contribution in [2.45, 2.75) is 64.3 Å². The molecule has 30 heteroatoms. The number of ether oxygens (including phenoxy) is 1. The van der Waals surface area contributed by atoms with Crippen LogP contribution in [0.2, 0.25) is 0 Å². The number of phosphoric acid groups is 3. The Bertz CT molecular complexity index is 2330. The van der Waals surface area contributed by atoms with Gasteiger partial charge in [0.25, 0.3) is 0 Å². The van der Waals surface area contributed by atoms with Gasteiger partial charge in [-0.2, -0.15) is 4.31 Å². The number of hydrogen-bond acceptors (Lipinski definition) is 19. The molecule has 1 aliphatic heterocycles. The normalized spacial score (nSPS) is 20.7. The maximum atomic E-state index is 12.7. The fourth-order valence-electron chi connectivity index (χ4n) is 5.67. The number of nitrogen functional groups attached to an aromatic ring is 1. The molecule has 2 amide bonds. The molecule has 348 valence electrons. The molecule has 0 spiro atoms. The number of benzene rings is 1.